The predicted molar refractivity (Wildman–Crippen MR) is 103 cm³/mol. The Bertz CT molecular complexity index is 1030. The summed E-state index contributed by atoms with van der Waals surface area (Å²) in [6.07, 6.45) is 0. The van der Waals surface area contributed by atoms with Crippen molar-refractivity contribution in [2.45, 2.75) is 25.8 Å². The lowest BCUT2D eigenvalue weighted by molar-refractivity contribution is -0.119. The van der Waals surface area contributed by atoms with Gasteiger partial charge in [0.1, 0.15) is 6.04 Å². The Morgan fingerprint density at radius 3 is 2.29 bits per heavy atom. The number of aromatic nitrogens is 2. The van der Waals surface area contributed by atoms with Crippen molar-refractivity contribution in [2.75, 3.05) is 5.32 Å². The number of rotatable bonds is 5. The molecule has 0 saturated heterocycles. The first-order valence-corrected chi connectivity index (χ1v) is 8.70. The van der Waals surface area contributed by atoms with Crippen LogP contribution in [0.3, 0.4) is 0 Å². The summed E-state index contributed by atoms with van der Waals surface area (Å²) in [5.41, 5.74) is 1.18. The smallest absolute Gasteiger partial charge is 0.270 e. The van der Waals surface area contributed by atoms with Crippen molar-refractivity contribution in [2.24, 2.45) is 0 Å². The van der Waals surface area contributed by atoms with Crippen LogP contribution >= 0.6 is 0 Å². The standard InChI is InChI=1S/C21H19F2N3O2/c1-14(20(28)24-17-10-8-16(9-11-17)21(2,22)23)26-19(27)13-12-18(25-26)15-6-4-3-5-7-15/h3-14H,1-2H3,(H,24,28). The van der Waals surface area contributed by atoms with Crippen molar-refractivity contribution in [1.29, 1.82) is 0 Å². The van der Waals surface area contributed by atoms with Gasteiger partial charge < -0.3 is 5.32 Å². The van der Waals surface area contributed by atoms with Crippen LogP contribution in [0.5, 0.6) is 0 Å². The second kappa shape index (κ2) is 7.72. The number of hydrogen-bond acceptors (Lipinski definition) is 3. The number of alkyl halides is 2. The zero-order valence-corrected chi connectivity index (χ0v) is 15.4. The van der Waals surface area contributed by atoms with Crippen LogP contribution in [-0.2, 0) is 10.7 Å². The molecule has 1 N–H and O–H groups in total. The second-order valence-corrected chi connectivity index (χ2v) is 6.50. The number of hydrogen-bond donors (Lipinski definition) is 1. The Balaban J connectivity index is 1.81. The molecule has 28 heavy (non-hydrogen) atoms. The van der Waals surface area contributed by atoms with Gasteiger partial charge in [-0.05, 0) is 25.1 Å². The third kappa shape index (κ3) is 4.31. The molecular weight excluding hydrogens is 364 g/mol. The summed E-state index contributed by atoms with van der Waals surface area (Å²) in [5.74, 6) is -3.43. The van der Waals surface area contributed by atoms with E-state index in [9.17, 15) is 18.4 Å². The molecule has 1 aromatic heterocycles. The van der Waals surface area contributed by atoms with E-state index in [0.717, 1.165) is 17.2 Å². The number of carbonyl (C=O) groups excluding carboxylic acids is 1. The van der Waals surface area contributed by atoms with Gasteiger partial charge in [-0.25, -0.2) is 13.5 Å². The second-order valence-electron chi connectivity index (χ2n) is 6.50. The highest BCUT2D eigenvalue weighted by atomic mass is 19.3. The van der Waals surface area contributed by atoms with E-state index in [1.54, 1.807) is 13.0 Å². The van der Waals surface area contributed by atoms with Gasteiger partial charge in [0.25, 0.3) is 11.5 Å². The molecule has 1 unspecified atom stereocenters. The van der Waals surface area contributed by atoms with Crippen LogP contribution < -0.4 is 10.9 Å². The van der Waals surface area contributed by atoms with Crippen molar-refractivity contribution < 1.29 is 13.6 Å². The summed E-state index contributed by atoms with van der Waals surface area (Å²) < 4.78 is 27.7. The number of benzene rings is 2. The topological polar surface area (TPSA) is 64.0 Å². The average molecular weight is 383 g/mol. The van der Waals surface area contributed by atoms with Crippen LogP contribution in [0.2, 0.25) is 0 Å². The van der Waals surface area contributed by atoms with Crippen molar-refractivity contribution in [3.8, 4) is 11.3 Å². The minimum Gasteiger partial charge on any atom is -0.324 e. The molecule has 0 aliphatic heterocycles. The third-order valence-corrected chi connectivity index (χ3v) is 4.30. The van der Waals surface area contributed by atoms with Gasteiger partial charge in [-0.3, -0.25) is 9.59 Å². The molecule has 0 radical (unpaired) electrons. The molecule has 5 nitrogen and oxygen atoms in total. The van der Waals surface area contributed by atoms with Crippen LogP contribution in [0.1, 0.15) is 25.5 Å². The van der Waals surface area contributed by atoms with Crippen LogP contribution in [0.25, 0.3) is 11.3 Å². The van der Waals surface area contributed by atoms with E-state index < -0.39 is 23.4 Å². The van der Waals surface area contributed by atoms with Crippen LogP contribution in [0.4, 0.5) is 14.5 Å². The molecule has 0 saturated carbocycles. The lowest BCUT2D eigenvalue weighted by Crippen LogP contribution is -2.33. The van der Waals surface area contributed by atoms with E-state index in [2.05, 4.69) is 10.4 Å². The van der Waals surface area contributed by atoms with E-state index in [1.807, 2.05) is 30.3 Å². The van der Waals surface area contributed by atoms with Crippen molar-refractivity contribution >= 4 is 11.6 Å². The fraction of sp³-hybridized carbons (Fsp3) is 0.190. The van der Waals surface area contributed by atoms with Crippen LogP contribution in [0, 0.1) is 0 Å². The van der Waals surface area contributed by atoms with Gasteiger partial charge in [0.15, 0.2) is 0 Å². The summed E-state index contributed by atoms with van der Waals surface area (Å²) in [4.78, 5) is 24.7. The summed E-state index contributed by atoms with van der Waals surface area (Å²) in [6.45, 7) is 2.35. The van der Waals surface area contributed by atoms with Crippen molar-refractivity contribution in [3.63, 3.8) is 0 Å². The molecule has 0 spiro atoms. The van der Waals surface area contributed by atoms with Crippen LogP contribution in [0.15, 0.2) is 71.5 Å². The van der Waals surface area contributed by atoms with Gasteiger partial charge >= 0.3 is 0 Å². The number of amides is 1. The largest absolute Gasteiger partial charge is 0.324 e. The minimum atomic E-state index is -2.95. The number of halogens is 2. The molecule has 3 rings (SSSR count). The molecule has 3 aromatic rings. The third-order valence-electron chi connectivity index (χ3n) is 4.30. The van der Waals surface area contributed by atoms with Crippen molar-refractivity contribution in [3.05, 3.63) is 82.6 Å². The van der Waals surface area contributed by atoms with E-state index in [4.69, 9.17) is 0 Å². The molecule has 0 aliphatic rings. The molecule has 0 fully saturated rings. The predicted octanol–water partition coefficient (Wildman–Crippen LogP) is 4.22. The zero-order chi connectivity index (χ0) is 20.3. The molecule has 7 heteroatoms. The Kier molecular flexibility index (Phi) is 5.35. The van der Waals surface area contributed by atoms with Gasteiger partial charge in [0.05, 0.1) is 5.69 Å². The van der Waals surface area contributed by atoms with E-state index in [0.29, 0.717) is 11.4 Å². The molecule has 0 aliphatic carbocycles. The summed E-state index contributed by atoms with van der Waals surface area (Å²) in [6, 6.07) is 16.7. The lowest BCUT2D eigenvalue weighted by Gasteiger charge is -2.16. The number of nitrogens with one attached hydrogen (secondary N) is 1. The van der Waals surface area contributed by atoms with E-state index >= 15 is 0 Å². The highest BCUT2D eigenvalue weighted by Crippen LogP contribution is 2.27. The maximum absolute atomic E-state index is 13.3. The molecule has 0 bridgehead atoms. The molecular formula is C21H19F2N3O2. The number of nitrogens with zero attached hydrogens (tertiary/aromatic N) is 2. The SMILES string of the molecule is CC(C(=O)Nc1ccc(C(C)(F)F)cc1)n1nc(-c2ccccc2)ccc1=O. The van der Waals surface area contributed by atoms with E-state index in [-0.39, 0.29) is 5.56 Å². The maximum Gasteiger partial charge on any atom is 0.270 e. The summed E-state index contributed by atoms with van der Waals surface area (Å²) in [5, 5.41) is 6.92. The molecule has 144 valence electrons. The highest BCUT2D eigenvalue weighted by molar-refractivity contribution is 5.93. The van der Waals surface area contributed by atoms with Gasteiger partial charge in [0.2, 0.25) is 5.91 Å². The maximum atomic E-state index is 13.3. The Morgan fingerprint density at radius 2 is 1.68 bits per heavy atom. The normalized spacial score (nSPS) is 12.4. The number of anilines is 1. The first-order valence-electron chi connectivity index (χ1n) is 8.70. The van der Waals surface area contributed by atoms with Gasteiger partial charge in [-0.2, -0.15) is 5.10 Å². The van der Waals surface area contributed by atoms with E-state index in [1.165, 1.54) is 30.3 Å². The fourth-order valence-corrected chi connectivity index (χ4v) is 2.67. The quantitative estimate of drug-likeness (QED) is 0.717. The van der Waals surface area contributed by atoms with Gasteiger partial charge in [0, 0.05) is 29.8 Å². The Morgan fingerprint density at radius 1 is 1.04 bits per heavy atom. The van der Waals surface area contributed by atoms with Gasteiger partial charge in [-0.1, -0.05) is 42.5 Å². The first-order chi connectivity index (χ1) is 13.3. The number of carbonyl (C=O) groups is 1. The molecule has 1 atom stereocenters. The fourth-order valence-electron chi connectivity index (χ4n) is 2.67. The lowest BCUT2D eigenvalue weighted by atomic mass is 10.1. The monoisotopic (exact) mass is 383 g/mol. The Labute approximate surface area is 160 Å². The molecule has 2 aromatic carbocycles. The zero-order valence-electron chi connectivity index (χ0n) is 15.4. The Hall–Kier alpha value is -3.35. The van der Waals surface area contributed by atoms with Gasteiger partial charge in [-0.15, -0.1) is 0 Å². The summed E-state index contributed by atoms with van der Waals surface area (Å²) >= 11 is 0. The van der Waals surface area contributed by atoms with Crippen molar-refractivity contribution in [1.82, 2.24) is 9.78 Å². The first kappa shape index (κ1) is 19.4. The van der Waals surface area contributed by atoms with Crippen LogP contribution in [-0.4, -0.2) is 15.7 Å². The summed E-state index contributed by atoms with van der Waals surface area (Å²) in [7, 11) is 0. The molecule has 1 heterocycles. The minimum absolute atomic E-state index is 0.146. The highest BCUT2D eigenvalue weighted by Gasteiger charge is 2.24. The average Bonchev–Trinajstić information content (AvgIpc) is 2.68. The molecule has 1 amide bonds.